The molecule has 0 aromatic heterocycles. The van der Waals surface area contributed by atoms with E-state index in [2.05, 4.69) is 54.4 Å². The Morgan fingerprint density at radius 1 is 1.29 bits per heavy atom. The van der Waals surface area contributed by atoms with Crippen molar-refractivity contribution in [3.05, 3.63) is 35.9 Å². The van der Waals surface area contributed by atoms with Gasteiger partial charge in [-0.1, -0.05) is 44.2 Å². The summed E-state index contributed by atoms with van der Waals surface area (Å²) in [4.78, 5) is 14.2. The number of nitrogens with one attached hydrogen (secondary N) is 1. The van der Waals surface area contributed by atoms with E-state index >= 15 is 0 Å². The summed E-state index contributed by atoms with van der Waals surface area (Å²) in [6, 6.07) is 11.5. The first-order valence-corrected chi connectivity index (χ1v) is 8.17. The second-order valence-electron chi connectivity index (χ2n) is 6.32. The molecule has 1 aromatic rings. The van der Waals surface area contributed by atoms with Gasteiger partial charge in [-0.15, -0.1) is 0 Å². The van der Waals surface area contributed by atoms with Crippen LogP contribution in [0.15, 0.2) is 30.3 Å². The van der Waals surface area contributed by atoms with Crippen LogP contribution in [0.3, 0.4) is 0 Å². The van der Waals surface area contributed by atoms with Gasteiger partial charge in [0.05, 0.1) is 0 Å². The molecule has 0 radical (unpaired) electrons. The lowest BCUT2D eigenvalue weighted by Gasteiger charge is -2.42. The van der Waals surface area contributed by atoms with Gasteiger partial charge < -0.3 is 5.32 Å². The summed E-state index contributed by atoms with van der Waals surface area (Å²) >= 11 is 0. The van der Waals surface area contributed by atoms with Gasteiger partial charge in [0.2, 0.25) is 5.91 Å². The Morgan fingerprint density at radius 3 is 2.67 bits per heavy atom. The average Bonchev–Trinajstić information content (AvgIpc) is 2.50. The van der Waals surface area contributed by atoms with Gasteiger partial charge in [0.1, 0.15) is 0 Å². The number of hydrogen-bond acceptors (Lipinski definition) is 2. The highest BCUT2D eigenvalue weighted by atomic mass is 16.1. The monoisotopic (exact) mass is 288 g/mol. The summed E-state index contributed by atoms with van der Waals surface area (Å²) in [5.41, 5.74) is 1.40. The Labute approximate surface area is 128 Å². The van der Waals surface area contributed by atoms with E-state index in [0.717, 1.165) is 25.9 Å². The van der Waals surface area contributed by atoms with Crippen LogP contribution in [0.1, 0.15) is 39.2 Å². The van der Waals surface area contributed by atoms with Crippen molar-refractivity contribution in [1.82, 2.24) is 10.2 Å². The van der Waals surface area contributed by atoms with E-state index in [1.165, 1.54) is 5.56 Å². The number of likely N-dealkylation sites (tertiary alicyclic amines) is 1. The lowest BCUT2D eigenvalue weighted by Crippen LogP contribution is -2.53. The predicted molar refractivity (Wildman–Crippen MR) is 87.2 cm³/mol. The van der Waals surface area contributed by atoms with E-state index in [0.29, 0.717) is 24.4 Å². The summed E-state index contributed by atoms with van der Waals surface area (Å²) in [6.45, 7) is 8.62. The highest BCUT2D eigenvalue weighted by molar-refractivity contribution is 5.75. The molecule has 1 amide bonds. The van der Waals surface area contributed by atoms with Crippen LogP contribution in [0.25, 0.3) is 0 Å². The van der Waals surface area contributed by atoms with Gasteiger partial charge in [-0.2, -0.15) is 0 Å². The minimum Gasteiger partial charge on any atom is -0.353 e. The number of nitrogens with zero attached hydrogens (tertiary/aromatic N) is 1. The number of rotatable bonds is 5. The van der Waals surface area contributed by atoms with Crippen molar-refractivity contribution in [3.8, 4) is 0 Å². The molecule has 21 heavy (non-hydrogen) atoms. The maximum absolute atomic E-state index is 11.6. The summed E-state index contributed by atoms with van der Waals surface area (Å²) in [5, 5.41) is 3.18. The van der Waals surface area contributed by atoms with Crippen molar-refractivity contribution >= 4 is 5.91 Å². The molecule has 3 heteroatoms. The van der Waals surface area contributed by atoms with Crippen molar-refractivity contribution in [3.63, 3.8) is 0 Å². The second kappa shape index (κ2) is 7.60. The molecule has 0 saturated carbocycles. The quantitative estimate of drug-likeness (QED) is 0.903. The molecule has 1 aliphatic heterocycles. The van der Waals surface area contributed by atoms with E-state index in [9.17, 15) is 4.79 Å². The third-order valence-corrected chi connectivity index (χ3v) is 4.63. The lowest BCUT2D eigenvalue weighted by atomic mass is 9.89. The smallest absolute Gasteiger partial charge is 0.219 e. The normalized spacial score (nSPS) is 26.5. The van der Waals surface area contributed by atoms with E-state index in [4.69, 9.17) is 0 Å². The molecular formula is C18H28N2O. The fourth-order valence-corrected chi connectivity index (χ4v) is 3.17. The van der Waals surface area contributed by atoms with Gasteiger partial charge in [-0.25, -0.2) is 0 Å². The summed E-state index contributed by atoms with van der Waals surface area (Å²) in [6.07, 6.45) is 2.74. The number of piperidine rings is 1. The van der Waals surface area contributed by atoms with Gasteiger partial charge in [-0.05, 0) is 31.2 Å². The van der Waals surface area contributed by atoms with E-state index in [1.807, 2.05) is 6.92 Å². The predicted octanol–water partition coefficient (Wildman–Crippen LogP) is 2.85. The highest BCUT2D eigenvalue weighted by Crippen LogP contribution is 2.22. The maximum atomic E-state index is 11.6. The third kappa shape index (κ3) is 4.57. The third-order valence-electron chi connectivity index (χ3n) is 4.63. The van der Waals surface area contributed by atoms with Crippen LogP contribution < -0.4 is 5.32 Å². The SMILES string of the molecule is CCC(=O)N[C@@H]1C[C@H](C)N(CCc2ccccc2)CC1C. The Kier molecular flexibility index (Phi) is 5.80. The summed E-state index contributed by atoms with van der Waals surface area (Å²) in [5.74, 6) is 0.698. The maximum Gasteiger partial charge on any atom is 0.219 e. The number of carbonyl (C=O) groups excluding carboxylic acids is 1. The van der Waals surface area contributed by atoms with Crippen LogP contribution in [0, 0.1) is 5.92 Å². The number of carbonyl (C=O) groups is 1. The molecule has 1 saturated heterocycles. The first-order chi connectivity index (χ1) is 10.1. The molecule has 116 valence electrons. The fraction of sp³-hybridized carbons (Fsp3) is 0.611. The molecule has 0 bridgehead atoms. The first-order valence-electron chi connectivity index (χ1n) is 8.17. The Hall–Kier alpha value is -1.35. The van der Waals surface area contributed by atoms with Gasteiger partial charge >= 0.3 is 0 Å². The molecule has 0 spiro atoms. The molecular weight excluding hydrogens is 260 g/mol. The minimum atomic E-state index is 0.178. The summed E-state index contributed by atoms with van der Waals surface area (Å²) < 4.78 is 0. The van der Waals surface area contributed by atoms with Crippen LogP contribution in [0.2, 0.25) is 0 Å². The molecule has 2 rings (SSSR count). The fourth-order valence-electron chi connectivity index (χ4n) is 3.17. The van der Waals surface area contributed by atoms with Crippen LogP contribution in [0.5, 0.6) is 0 Å². The largest absolute Gasteiger partial charge is 0.353 e. The molecule has 3 atom stereocenters. The Bertz CT molecular complexity index is 446. The molecule has 3 nitrogen and oxygen atoms in total. The van der Waals surface area contributed by atoms with E-state index < -0.39 is 0 Å². The van der Waals surface area contributed by atoms with Crippen molar-refractivity contribution in [1.29, 1.82) is 0 Å². The molecule has 1 unspecified atom stereocenters. The molecule has 0 aliphatic carbocycles. The Balaban J connectivity index is 1.85. The van der Waals surface area contributed by atoms with Crippen LogP contribution in [0.4, 0.5) is 0 Å². The zero-order valence-electron chi connectivity index (χ0n) is 13.5. The van der Waals surface area contributed by atoms with Crippen LogP contribution in [-0.2, 0) is 11.2 Å². The van der Waals surface area contributed by atoms with Crippen molar-refractivity contribution in [2.24, 2.45) is 5.92 Å². The van der Waals surface area contributed by atoms with Gasteiger partial charge in [-0.3, -0.25) is 9.69 Å². The van der Waals surface area contributed by atoms with Crippen molar-refractivity contribution < 1.29 is 4.79 Å². The number of hydrogen-bond donors (Lipinski definition) is 1. The average molecular weight is 288 g/mol. The zero-order valence-corrected chi connectivity index (χ0v) is 13.5. The highest BCUT2D eigenvalue weighted by Gasteiger charge is 2.31. The standard InChI is InChI=1S/C18H28N2O/c1-4-18(21)19-17-12-15(3)20(13-14(17)2)11-10-16-8-6-5-7-9-16/h5-9,14-15,17H,4,10-13H2,1-3H3,(H,19,21)/t14?,15-,17+/m0/s1. The van der Waals surface area contributed by atoms with Crippen molar-refractivity contribution in [2.75, 3.05) is 13.1 Å². The Morgan fingerprint density at radius 2 is 2.00 bits per heavy atom. The van der Waals surface area contributed by atoms with Crippen LogP contribution in [-0.4, -0.2) is 36.0 Å². The minimum absolute atomic E-state index is 0.178. The molecule has 1 aliphatic rings. The van der Waals surface area contributed by atoms with Crippen molar-refractivity contribution in [2.45, 2.75) is 52.1 Å². The molecule has 1 aromatic carbocycles. The number of amides is 1. The summed E-state index contributed by atoms with van der Waals surface area (Å²) in [7, 11) is 0. The van der Waals surface area contributed by atoms with Crippen LogP contribution >= 0.6 is 0 Å². The van der Waals surface area contributed by atoms with Gasteiger partial charge in [0, 0.05) is 31.6 Å². The number of benzene rings is 1. The van der Waals surface area contributed by atoms with E-state index in [-0.39, 0.29) is 5.91 Å². The lowest BCUT2D eigenvalue weighted by molar-refractivity contribution is -0.122. The molecule has 1 fully saturated rings. The molecule has 1 N–H and O–H groups in total. The van der Waals surface area contributed by atoms with E-state index in [1.54, 1.807) is 0 Å². The van der Waals surface area contributed by atoms with Gasteiger partial charge in [0.15, 0.2) is 0 Å². The molecule has 1 heterocycles. The topological polar surface area (TPSA) is 32.3 Å². The zero-order chi connectivity index (χ0) is 15.2. The van der Waals surface area contributed by atoms with Gasteiger partial charge in [0.25, 0.3) is 0 Å². The first kappa shape index (κ1) is 16.0. The second-order valence-corrected chi connectivity index (χ2v) is 6.32.